The van der Waals surface area contributed by atoms with Gasteiger partial charge < -0.3 is 5.32 Å². The summed E-state index contributed by atoms with van der Waals surface area (Å²) in [4.78, 5) is 12.9. The molecule has 3 atom stereocenters. The third kappa shape index (κ3) is 3.89. The molecule has 5 nitrogen and oxygen atoms in total. The number of carbonyl (C=O) groups is 1. The minimum atomic E-state index is -3.90. The van der Waals surface area contributed by atoms with Gasteiger partial charge in [-0.05, 0) is 67.5 Å². The van der Waals surface area contributed by atoms with E-state index < -0.39 is 10.0 Å². The average Bonchev–Trinajstić information content (AvgIpc) is 3.30. The second-order valence-electron chi connectivity index (χ2n) is 7.65. The van der Waals surface area contributed by atoms with Crippen molar-refractivity contribution < 1.29 is 13.2 Å². The molecule has 2 aromatic rings. The van der Waals surface area contributed by atoms with Crippen LogP contribution in [0.3, 0.4) is 0 Å². The molecule has 28 heavy (non-hydrogen) atoms. The van der Waals surface area contributed by atoms with Crippen LogP contribution in [-0.4, -0.2) is 26.9 Å². The summed E-state index contributed by atoms with van der Waals surface area (Å²) in [6.07, 6.45) is 4.58. The zero-order valence-corrected chi connectivity index (χ0v) is 17.0. The Morgan fingerprint density at radius 2 is 1.75 bits per heavy atom. The molecular weight excluding hydrogens is 396 g/mol. The van der Waals surface area contributed by atoms with E-state index in [2.05, 4.69) is 5.32 Å². The summed E-state index contributed by atoms with van der Waals surface area (Å²) < 4.78 is 27.7. The normalized spacial score (nSPS) is 23.5. The molecule has 0 saturated heterocycles. The fraction of sp³-hybridized carbons (Fsp3) is 0.381. The van der Waals surface area contributed by atoms with E-state index in [-0.39, 0.29) is 23.4 Å². The highest BCUT2D eigenvalue weighted by atomic mass is 35.5. The van der Waals surface area contributed by atoms with Crippen LogP contribution in [0.15, 0.2) is 59.5 Å². The van der Waals surface area contributed by atoms with Gasteiger partial charge in [0.05, 0.1) is 10.6 Å². The second-order valence-corrected chi connectivity index (χ2v) is 9.95. The number of hydrogen-bond donors (Lipinski definition) is 1. The van der Waals surface area contributed by atoms with E-state index in [1.54, 1.807) is 24.3 Å². The van der Waals surface area contributed by atoms with Crippen molar-refractivity contribution in [1.29, 1.82) is 0 Å². The van der Waals surface area contributed by atoms with E-state index in [0.29, 0.717) is 22.5 Å². The number of sulfonamides is 1. The van der Waals surface area contributed by atoms with E-state index in [9.17, 15) is 13.2 Å². The highest BCUT2D eigenvalue weighted by Crippen LogP contribution is 2.44. The Hall–Kier alpha value is -2.05. The lowest BCUT2D eigenvalue weighted by Gasteiger charge is -2.27. The zero-order valence-electron chi connectivity index (χ0n) is 15.4. The maximum atomic E-state index is 13.2. The molecule has 0 heterocycles. The standard InChI is InChI=1S/C21H23ClN2O3S/c22-17-8-10-19(11-9-17)28(26,27)24(18-4-2-1-3-5-18)14-21(25)23-20-13-15-6-7-16(20)12-15/h1-5,8-11,15-16,20H,6-7,12-14H2,(H,23,25)/t15-,16-,20+/m1/s1. The summed E-state index contributed by atoms with van der Waals surface area (Å²) in [6, 6.07) is 14.9. The maximum absolute atomic E-state index is 13.2. The van der Waals surface area contributed by atoms with Crippen LogP contribution in [0.4, 0.5) is 5.69 Å². The molecule has 2 saturated carbocycles. The van der Waals surface area contributed by atoms with Crippen molar-refractivity contribution in [3.63, 3.8) is 0 Å². The van der Waals surface area contributed by atoms with Gasteiger partial charge in [0.15, 0.2) is 0 Å². The molecule has 1 N–H and O–H groups in total. The average molecular weight is 419 g/mol. The first-order valence-corrected chi connectivity index (χ1v) is 11.4. The van der Waals surface area contributed by atoms with Crippen molar-refractivity contribution >= 4 is 33.2 Å². The van der Waals surface area contributed by atoms with Gasteiger partial charge in [0, 0.05) is 11.1 Å². The number of rotatable bonds is 6. The minimum Gasteiger partial charge on any atom is -0.352 e. The Morgan fingerprint density at radius 3 is 2.36 bits per heavy atom. The fourth-order valence-corrected chi connectivity index (χ4v) is 5.99. The number of nitrogens with one attached hydrogen (secondary N) is 1. The van der Waals surface area contributed by atoms with Crippen molar-refractivity contribution in [2.75, 3.05) is 10.8 Å². The lowest BCUT2D eigenvalue weighted by molar-refractivity contribution is -0.120. The number of amides is 1. The third-order valence-electron chi connectivity index (χ3n) is 5.82. The SMILES string of the molecule is O=C(CN(c1ccccc1)S(=O)(=O)c1ccc(Cl)cc1)N[C@H]1C[C@@H]2CC[C@@H]1C2. The van der Waals surface area contributed by atoms with Gasteiger partial charge in [-0.1, -0.05) is 36.2 Å². The molecule has 0 aromatic heterocycles. The zero-order chi connectivity index (χ0) is 19.7. The molecule has 2 bridgehead atoms. The minimum absolute atomic E-state index is 0.105. The molecule has 4 rings (SSSR count). The van der Waals surface area contributed by atoms with Gasteiger partial charge in [0.2, 0.25) is 5.91 Å². The molecule has 0 aliphatic heterocycles. The monoisotopic (exact) mass is 418 g/mol. The maximum Gasteiger partial charge on any atom is 0.264 e. The van der Waals surface area contributed by atoms with Crippen LogP contribution in [-0.2, 0) is 14.8 Å². The first-order valence-electron chi connectivity index (χ1n) is 9.56. The summed E-state index contributed by atoms with van der Waals surface area (Å²) >= 11 is 5.90. The largest absolute Gasteiger partial charge is 0.352 e. The summed E-state index contributed by atoms with van der Waals surface area (Å²) in [5.41, 5.74) is 0.459. The van der Waals surface area contributed by atoms with Gasteiger partial charge in [-0.2, -0.15) is 0 Å². The third-order valence-corrected chi connectivity index (χ3v) is 7.86. The van der Waals surface area contributed by atoms with E-state index in [0.717, 1.165) is 12.8 Å². The van der Waals surface area contributed by atoms with E-state index in [4.69, 9.17) is 11.6 Å². The number of fused-ring (bicyclic) bond motifs is 2. The number of para-hydroxylation sites is 1. The Morgan fingerprint density at radius 1 is 1.04 bits per heavy atom. The van der Waals surface area contributed by atoms with Gasteiger partial charge in [0.25, 0.3) is 10.0 Å². The highest BCUT2D eigenvalue weighted by Gasteiger charge is 2.40. The van der Waals surface area contributed by atoms with Gasteiger partial charge in [-0.3, -0.25) is 9.10 Å². The molecule has 2 aliphatic rings. The summed E-state index contributed by atoms with van der Waals surface area (Å²) in [5.74, 6) is 0.976. The molecule has 0 spiro atoms. The Kier molecular flexibility index (Phi) is 5.34. The quantitative estimate of drug-likeness (QED) is 0.775. The number of hydrogen-bond acceptors (Lipinski definition) is 3. The summed E-state index contributed by atoms with van der Waals surface area (Å²) in [5, 5.41) is 3.53. The van der Waals surface area contributed by atoms with Crippen molar-refractivity contribution in [2.45, 2.75) is 36.6 Å². The van der Waals surface area contributed by atoms with E-state index >= 15 is 0 Å². The topological polar surface area (TPSA) is 66.5 Å². The van der Waals surface area contributed by atoms with Crippen molar-refractivity contribution in [3.05, 3.63) is 59.6 Å². The van der Waals surface area contributed by atoms with Gasteiger partial charge in [-0.25, -0.2) is 8.42 Å². The number of halogens is 1. The van der Waals surface area contributed by atoms with Crippen LogP contribution < -0.4 is 9.62 Å². The van der Waals surface area contributed by atoms with Crippen LogP contribution in [0.5, 0.6) is 0 Å². The molecule has 2 aromatic carbocycles. The van der Waals surface area contributed by atoms with Crippen LogP contribution in [0.25, 0.3) is 0 Å². The first-order chi connectivity index (χ1) is 13.4. The van der Waals surface area contributed by atoms with Crippen LogP contribution >= 0.6 is 11.6 Å². The van der Waals surface area contributed by atoms with E-state index in [1.807, 2.05) is 6.07 Å². The molecule has 148 valence electrons. The Bertz CT molecular complexity index is 947. The molecule has 7 heteroatoms. The highest BCUT2D eigenvalue weighted by molar-refractivity contribution is 7.92. The fourth-order valence-electron chi connectivity index (χ4n) is 4.45. The van der Waals surface area contributed by atoms with Crippen LogP contribution in [0.1, 0.15) is 25.7 Å². The van der Waals surface area contributed by atoms with Crippen LogP contribution in [0, 0.1) is 11.8 Å². The Labute approximate surface area is 170 Å². The van der Waals surface area contributed by atoms with Crippen molar-refractivity contribution in [1.82, 2.24) is 5.32 Å². The summed E-state index contributed by atoms with van der Waals surface area (Å²) in [6.45, 7) is -0.247. The predicted molar refractivity (Wildman–Crippen MR) is 110 cm³/mol. The molecular formula is C21H23ClN2O3S. The molecule has 0 radical (unpaired) electrons. The first kappa shape index (κ1) is 19.3. The van der Waals surface area contributed by atoms with Crippen LogP contribution in [0.2, 0.25) is 5.02 Å². The second kappa shape index (κ2) is 7.76. The lowest BCUT2D eigenvalue weighted by Crippen LogP contribution is -2.45. The van der Waals surface area contributed by atoms with Crippen molar-refractivity contribution in [2.24, 2.45) is 11.8 Å². The molecule has 1 amide bonds. The summed E-state index contributed by atoms with van der Waals surface area (Å²) in [7, 11) is -3.90. The van der Waals surface area contributed by atoms with Gasteiger partial charge in [0.1, 0.15) is 6.54 Å². The number of carbonyl (C=O) groups excluding carboxylic acids is 1. The van der Waals surface area contributed by atoms with Crippen molar-refractivity contribution in [3.8, 4) is 0 Å². The number of benzene rings is 2. The smallest absolute Gasteiger partial charge is 0.264 e. The number of anilines is 1. The Balaban J connectivity index is 1.57. The van der Waals surface area contributed by atoms with Gasteiger partial charge >= 0.3 is 0 Å². The van der Waals surface area contributed by atoms with Gasteiger partial charge in [-0.15, -0.1) is 0 Å². The molecule has 2 aliphatic carbocycles. The lowest BCUT2D eigenvalue weighted by atomic mass is 9.95. The molecule has 0 unspecified atom stereocenters. The molecule has 2 fully saturated rings. The predicted octanol–water partition coefficient (Wildman–Crippen LogP) is 3.84. The number of nitrogens with zero attached hydrogens (tertiary/aromatic N) is 1. The van der Waals surface area contributed by atoms with E-state index in [1.165, 1.54) is 41.4 Å².